The number of aromatic nitrogens is 1. The van der Waals surface area contributed by atoms with Crippen LogP contribution in [0, 0.1) is 0 Å². The molecule has 2 aromatic rings. The van der Waals surface area contributed by atoms with E-state index in [4.69, 9.17) is 22.1 Å². The van der Waals surface area contributed by atoms with Crippen LogP contribution >= 0.6 is 11.6 Å². The highest BCUT2D eigenvalue weighted by Gasteiger charge is 2.24. The SMILES string of the molecule is Nc1cc(Cl)cnc1NC1COc2ccccc21. The number of hydrogen-bond acceptors (Lipinski definition) is 4. The Morgan fingerprint density at radius 1 is 1.39 bits per heavy atom. The van der Waals surface area contributed by atoms with E-state index < -0.39 is 0 Å². The van der Waals surface area contributed by atoms with Crippen LogP contribution in [0.25, 0.3) is 0 Å². The van der Waals surface area contributed by atoms with Crippen molar-refractivity contribution in [3.8, 4) is 5.75 Å². The molecule has 0 spiro atoms. The van der Waals surface area contributed by atoms with Crippen LogP contribution in [0.1, 0.15) is 11.6 Å². The number of para-hydroxylation sites is 1. The van der Waals surface area contributed by atoms with Gasteiger partial charge in [-0.25, -0.2) is 4.98 Å². The number of pyridine rings is 1. The molecule has 1 unspecified atom stereocenters. The smallest absolute Gasteiger partial charge is 0.149 e. The van der Waals surface area contributed by atoms with Crippen LogP contribution in [0.15, 0.2) is 36.5 Å². The lowest BCUT2D eigenvalue weighted by molar-refractivity contribution is 0.339. The van der Waals surface area contributed by atoms with Gasteiger partial charge < -0.3 is 15.8 Å². The quantitative estimate of drug-likeness (QED) is 0.873. The Labute approximate surface area is 110 Å². The van der Waals surface area contributed by atoms with Gasteiger partial charge in [0.15, 0.2) is 0 Å². The van der Waals surface area contributed by atoms with Crippen LogP contribution in [-0.2, 0) is 0 Å². The Morgan fingerprint density at radius 3 is 3.06 bits per heavy atom. The number of ether oxygens (including phenoxy) is 1. The summed E-state index contributed by atoms with van der Waals surface area (Å²) in [5.41, 5.74) is 7.52. The van der Waals surface area contributed by atoms with Crippen molar-refractivity contribution in [2.45, 2.75) is 6.04 Å². The molecule has 18 heavy (non-hydrogen) atoms. The molecule has 1 aromatic heterocycles. The highest BCUT2D eigenvalue weighted by molar-refractivity contribution is 6.30. The molecule has 5 heteroatoms. The van der Waals surface area contributed by atoms with Crippen molar-refractivity contribution in [1.82, 2.24) is 4.98 Å². The minimum atomic E-state index is 0.0668. The van der Waals surface area contributed by atoms with Crippen LogP contribution in [0.2, 0.25) is 5.02 Å². The number of rotatable bonds is 2. The van der Waals surface area contributed by atoms with Gasteiger partial charge in [-0.05, 0) is 12.1 Å². The predicted octanol–water partition coefficient (Wildman–Crippen LogP) is 2.86. The van der Waals surface area contributed by atoms with Crippen LogP contribution in [0.3, 0.4) is 0 Å². The van der Waals surface area contributed by atoms with E-state index >= 15 is 0 Å². The maximum atomic E-state index is 5.87. The predicted molar refractivity (Wildman–Crippen MR) is 72.0 cm³/mol. The van der Waals surface area contributed by atoms with E-state index in [9.17, 15) is 0 Å². The molecule has 4 nitrogen and oxygen atoms in total. The van der Waals surface area contributed by atoms with Gasteiger partial charge in [0, 0.05) is 11.8 Å². The zero-order valence-corrected chi connectivity index (χ0v) is 10.3. The summed E-state index contributed by atoms with van der Waals surface area (Å²) >= 11 is 5.82. The summed E-state index contributed by atoms with van der Waals surface area (Å²) in [6.07, 6.45) is 1.57. The van der Waals surface area contributed by atoms with E-state index in [1.807, 2.05) is 24.3 Å². The van der Waals surface area contributed by atoms with Gasteiger partial charge in [0.25, 0.3) is 0 Å². The minimum Gasteiger partial charge on any atom is -0.491 e. The van der Waals surface area contributed by atoms with Gasteiger partial charge in [0.05, 0.1) is 16.8 Å². The number of nitrogens with zero attached hydrogens (tertiary/aromatic N) is 1. The molecule has 1 aliphatic heterocycles. The Hall–Kier alpha value is -1.94. The molecule has 3 rings (SSSR count). The van der Waals surface area contributed by atoms with E-state index in [0.29, 0.717) is 23.1 Å². The average molecular weight is 262 g/mol. The molecule has 1 aliphatic rings. The highest BCUT2D eigenvalue weighted by atomic mass is 35.5. The number of nitrogens with one attached hydrogen (secondary N) is 1. The Morgan fingerprint density at radius 2 is 2.22 bits per heavy atom. The first-order valence-electron chi connectivity index (χ1n) is 5.63. The molecular formula is C13H12ClN3O. The lowest BCUT2D eigenvalue weighted by Crippen LogP contribution is -2.14. The van der Waals surface area contributed by atoms with Crippen molar-refractivity contribution < 1.29 is 4.74 Å². The lowest BCUT2D eigenvalue weighted by atomic mass is 10.1. The Bertz CT molecular complexity index is 588. The molecule has 0 amide bonds. The third-order valence-corrected chi connectivity index (χ3v) is 3.10. The molecule has 3 N–H and O–H groups in total. The van der Waals surface area contributed by atoms with E-state index in [1.54, 1.807) is 12.3 Å². The van der Waals surface area contributed by atoms with Crippen molar-refractivity contribution in [3.63, 3.8) is 0 Å². The van der Waals surface area contributed by atoms with Gasteiger partial charge in [0.1, 0.15) is 18.2 Å². The highest BCUT2D eigenvalue weighted by Crippen LogP contribution is 2.34. The molecule has 2 heterocycles. The van der Waals surface area contributed by atoms with E-state index in [1.165, 1.54) is 0 Å². The zero-order valence-electron chi connectivity index (χ0n) is 9.56. The minimum absolute atomic E-state index is 0.0668. The van der Waals surface area contributed by atoms with Crippen LogP contribution in [0.5, 0.6) is 5.75 Å². The fourth-order valence-corrected chi connectivity index (χ4v) is 2.19. The number of fused-ring (bicyclic) bond motifs is 1. The second-order valence-corrected chi connectivity index (χ2v) is 4.57. The molecular weight excluding hydrogens is 250 g/mol. The summed E-state index contributed by atoms with van der Waals surface area (Å²) in [7, 11) is 0. The summed E-state index contributed by atoms with van der Waals surface area (Å²) < 4.78 is 5.59. The number of anilines is 2. The van der Waals surface area contributed by atoms with Crippen molar-refractivity contribution >= 4 is 23.1 Å². The summed E-state index contributed by atoms with van der Waals surface area (Å²) in [5.74, 6) is 1.53. The molecule has 0 fully saturated rings. The summed E-state index contributed by atoms with van der Waals surface area (Å²) in [5, 5.41) is 3.80. The Kier molecular flexibility index (Phi) is 2.72. The summed E-state index contributed by atoms with van der Waals surface area (Å²) in [4.78, 5) is 4.19. The third kappa shape index (κ3) is 1.95. The zero-order chi connectivity index (χ0) is 12.5. The summed E-state index contributed by atoms with van der Waals surface area (Å²) in [6, 6.07) is 9.68. The first-order chi connectivity index (χ1) is 8.74. The second kappa shape index (κ2) is 4.38. The number of nitrogens with two attached hydrogens (primary N) is 1. The van der Waals surface area contributed by atoms with E-state index in [-0.39, 0.29) is 6.04 Å². The van der Waals surface area contributed by atoms with Crippen molar-refractivity contribution in [3.05, 3.63) is 47.1 Å². The van der Waals surface area contributed by atoms with Gasteiger partial charge in [-0.3, -0.25) is 0 Å². The van der Waals surface area contributed by atoms with Gasteiger partial charge in [-0.1, -0.05) is 29.8 Å². The average Bonchev–Trinajstić information content (AvgIpc) is 2.76. The van der Waals surface area contributed by atoms with Gasteiger partial charge in [-0.15, -0.1) is 0 Å². The molecule has 92 valence electrons. The first-order valence-corrected chi connectivity index (χ1v) is 6.01. The van der Waals surface area contributed by atoms with Gasteiger partial charge in [0.2, 0.25) is 0 Å². The van der Waals surface area contributed by atoms with Crippen LogP contribution in [-0.4, -0.2) is 11.6 Å². The molecule has 0 saturated heterocycles. The molecule has 0 radical (unpaired) electrons. The summed E-state index contributed by atoms with van der Waals surface area (Å²) in [6.45, 7) is 0.573. The van der Waals surface area contributed by atoms with Crippen molar-refractivity contribution in [1.29, 1.82) is 0 Å². The molecule has 1 atom stereocenters. The van der Waals surface area contributed by atoms with Gasteiger partial charge >= 0.3 is 0 Å². The maximum absolute atomic E-state index is 5.87. The number of benzene rings is 1. The molecule has 1 aromatic carbocycles. The fourth-order valence-electron chi connectivity index (χ4n) is 2.02. The number of halogens is 1. The normalized spacial score (nSPS) is 17.1. The van der Waals surface area contributed by atoms with Crippen LogP contribution < -0.4 is 15.8 Å². The standard InChI is InChI=1S/C13H12ClN3O/c14-8-5-10(15)13(16-6-8)17-11-7-18-12-4-2-1-3-9(11)12/h1-6,11H,7,15H2,(H,16,17). The maximum Gasteiger partial charge on any atom is 0.149 e. The number of nitrogen functional groups attached to an aromatic ring is 1. The van der Waals surface area contributed by atoms with Crippen LogP contribution in [0.4, 0.5) is 11.5 Å². The van der Waals surface area contributed by atoms with Crippen molar-refractivity contribution in [2.75, 3.05) is 17.7 Å². The lowest BCUT2D eigenvalue weighted by Gasteiger charge is -2.14. The first kappa shape index (κ1) is 11.2. The largest absolute Gasteiger partial charge is 0.491 e. The van der Waals surface area contributed by atoms with Crippen molar-refractivity contribution in [2.24, 2.45) is 0 Å². The van der Waals surface area contributed by atoms with E-state index in [2.05, 4.69) is 10.3 Å². The van der Waals surface area contributed by atoms with E-state index in [0.717, 1.165) is 11.3 Å². The topological polar surface area (TPSA) is 60.2 Å². The third-order valence-electron chi connectivity index (χ3n) is 2.89. The molecule has 0 saturated carbocycles. The Balaban J connectivity index is 1.86. The molecule has 0 aliphatic carbocycles. The van der Waals surface area contributed by atoms with Gasteiger partial charge in [-0.2, -0.15) is 0 Å². The molecule has 0 bridgehead atoms. The monoisotopic (exact) mass is 261 g/mol. The number of hydrogen-bond donors (Lipinski definition) is 2. The second-order valence-electron chi connectivity index (χ2n) is 4.14. The fraction of sp³-hybridized carbons (Fsp3) is 0.154.